The van der Waals surface area contributed by atoms with Crippen LogP contribution in [-0.4, -0.2) is 15.3 Å². The van der Waals surface area contributed by atoms with E-state index in [1.807, 2.05) is 72.1 Å². The number of benzene rings is 2. The Hall–Kier alpha value is -2.92. The van der Waals surface area contributed by atoms with Gasteiger partial charge in [0.05, 0.1) is 0 Å². The maximum atomic E-state index is 12.8. The number of fused-ring (bicyclic) bond motifs is 1. The highest BCUT2D eigenvalue weighted by Crippen LogP contribution is 2.29. The van der Waals surface area contributed by atoms with Gasteiger partial charge in [0.15, 0.2) is 0 Å². The summed E-state index contributed by atoms with van der Waals surface area (Å²) in [7, 11) is 0. The van der Waals surface area contributed by atoms with Crippen LogP contribution < -0.4 is 5.32 Å². The summed E-state index contributed by atoms with van der Waals surface area (Å²) in [4.78, 5) is 17.5. The number of carbonyl (C=O) groups is 1. The van der Waals surface area contributed by atoms with Crippen molar-refractivity contribution in [3.63, 3.8) is 0 Å². The van der Waals surface area contributed by atoms with Crippen molar-refractivity contribution >= 4 is 33.3 Å². The fourth-order valence-electron chi connectivity index (χ4n) is 2.85. The molecule has 0 atom stereocenters. The molecule has 2 aromatic heterocycles. The van der Waals surface area contributed by atoms with E-state index in [0.717, 1.165) is 26.9 Å². The quantitative estimate of drug-likeness (QED) is 0.500. The topological polar surface area (TPSA) is 46.4 Å². The Kier molecular flexibility index (Phi) is 4.31. The Balaban J connectivity index is 1.83. The first-order valence-electron chi connectivity index (χ1n) is 8.23. The molecule has 4 nitrogen and oxygen atoms in total. The standard InChI is InChI=1S/C21H16BrN3O/c1-14-7-12-18-23-19(15-5-3-2-4-6-15)20(25(18)13-14)24-21(26)16-8-10-17(22)11-9-16/h2-13H,1H3,(H,24,26). The zero-order chi connectivity index (χ0) is 18.1. The first-order valence-corrected chi connectivity index (χ1v) is 9.02. The molecule has 1 amide bonds. The third-order valence-electron chi connectivity index (χ3n) is 4.15. The zero-order valence-corrected chi connectivity index (χ0v) is 15.7. The number of hydrogen-bond acceptors (Lipinski definition) is 2. The van der Waals surface area contributed by atoms with E-state index in [-0.39, 0.29) is 5.91 Å². The van der Waals surface area contributed by atoms with E-state index in [0.29, 0.717) is 11.4 Å². The molecule has 0 unspecified atom stereocenters. The molecular weight excluding hydrogens is 390 g/mol. The van der Waals surface area contributed by atoms with Gasteiger partial charge in [-0.3, -0.25) is 9.20 Å². The van der Waals surface area contributed by atoms with Crippen LogP contribution in [0.3, 0.4) is 0 Å². The third kappa shape index (κ3) is 3.13. The van der Waals surface area contributed by atoms with Gasteiger partial charge in [0.1, 0.15) is 17.2 Å². The number of halogens is 1. The lowest BCUT2D eigenvalue weighted by atomic mass is 10.1. The Morgan fingerprint density at radius 2 is 1.73 bits per heavy atom. The Morgan fingerprint density at radius 3 is 2.46 bits per heavy atom. The number of imidazole rings is 1. The Labute approximate surface area is 159 Å². The summed E-state index contributed by atoms with van der Waals surface area (Å²) in [5.74, 6) is 0.501. The second-order valence-corrected chi connectivity index (χ2v) is 6.99. The molecule has 128 valence electrons. The summed E-state index contributed by atoms with van der Waals surface area (Å²) < 4.78 is 2.86. The van der Waals surface area contributed by atoms with Crippen molar-refractivity contribution in [2.24, 2.45) is 0 Å². The summed E-state index contributed by atoms with van der Waals surface area (Å²) >= 11 is 3.39. The van der Waals surface area contributed by atoms with Gasteiger partial charge in [-0.25, -0.2) is 4.98 Å². The molecule has 1 N–H and O–H groups in total. The van der Waals surface area contributed by atoms with Crippen LogP contribution in [0.25, 0.3) is 16.9 Å². The molecule has 2 aromatic carbocycles. The van der Waals surface area contributed by atoms with Crippen LogP contribution in [-0.2, 0) is 0 Å². The highest BCUT2D eigenvalue weighted by molar-refractivity contribution is 9.10. The summed E-state index contributed by atoms with van der Waals surface area (Å²) in [5.41, 5.74) is 4.19. The van der Waals surface area contributed by atoms with E-state index < -0.39 is 0 Å². The van der Waals surface area contributed by atoms with Crippen LogP contribution >= 0.6 is 15.9 Å². The smallest absolute Gasteiger partial charge is 0.256 e. The lowest BCUT2D eigenvalue weighted by Crippen LogP contribution is -2.14. The highest BCUT2D eigenvalue weighted by atomic mass is 79.9. The number of amides is 1. The number of rotatable bonds is 3. The van der Waals surface area contributed by atoms with Gasteiger partial charge in [-0.05, 0) is 42.8 Å². The van der Waals surface area contributed by atoms with Crippen LogP contribution in [0, 0.1) is 6.92 Å². The van der Waals surface area contributed by atoms with Gasteiger partial charge in [-0.15, -0.1) is 0 Å². The van der Waals surface area contributed by atoms with Crippen molar-refractivity contribution in [2.45, 2.75) is 6.92 Å². The van der Waals surface area contributed by atoms with Gasteiger partial charge in [0.25, 0.3) is 5.91 Å². The normalized spacial score (nSPS) is 10.8. The fourth-order valence-corrected chi connectivity index (χ4v) is 3.11. The van der Waals surface area contributed by atoms with E-state index in [1.165, 1.54) is 0 Å². The number of carbonyl (C=O) groups excluding carboxylic acids is 1. The molecule has 0 radical (unpaired) electrons. The fraction of sp³-hybridized carbons (Fsp3) is 0.0476. The molecule has 5 heteroatoms. The van der Waals surface area contributed by atoms with E-state index in [9.17, 15) is 4.79 Å². The molecule has 26 heavy (non-hydrogen) atoms. The number of nitrogens with zero attached hydrogens (tertiary/aromatic N) is 2. The third-order valence-corrected chi connectivity index (χ3v) is 4.68. The average Bonchev–Trinajstić information content (AvgIpc) is 3.01. The SMILES string of the molecule is Cc1ccc2nc(-c3ccccc3)c(NC(=O)c3ccc(Br)cc3)n2c1. The van der Waals surface area contributed by atoms with Crippen LogP contribution in [0.5, 0.6) is 0 Å². The summed E-state index contributed by atoms with van der Waals surface area (Å²) in [6.45, 7) is 2.02. The number of nitrogens with one attached hydrogen (secondary N) is 1. The summed E-state index contributed by atoms with van der Waals surface area (Å²) in [6.07, 6.45) is 1.98. The van der Waals surface area contributed by atoms with Crippen molar-refractivity contribution in [1.29, 1.82) is 0 Å². The Bertz CT molecular complexity index is 1090. The summed E-state index contributed by atoms with van der Waals surface area (Å²) in [5, 5.41) is 3.04. The molecular formula is C21H16BrN3O. The van der Waals surface area contributed by atoms with E-state index in [4.69, 9.17) is 4.98 Å². The first kappa shape index (κ1) is 16.5. The molecule has 0 spiro atoms. The van der Waals surface area contributed by atoms with E-state index >= 15 is 0 Å². The molecule has 0 aliphatic heterocycles. The van der Waals surface area contributed by atoms with Crippen LogP contribution in [0.1, 0.15) is 15.9 Å². The minimum atomic E-state index is -0.169. The van der Waals surface area contributed by atoms with Gasteiger partial charge < -0.3 is 5.32 Å². The zero-order valence-electron chi connectivity index (χ0n) is 14.1. The molecule has 0 aliphatic carbocycles. The van der Waals surface area contributed by atoms with Gasteiger partial charge in [0.2, 0.25) is 0 Å². The lowest BCUT2D eigenvalue weighted by molar-refractivity contribution is 0.102. The number of anilines is 1. The predicted octanol–water partition coefficient (Wildman–Crippen LogP) is 5.32. The largest absolute Gasteiger partial charge is 0.306 e. The average molecular weight is 406 g/mol. The van der Waals surface area contributed by atoms with Gasteiger partial charge in [-0.1, -0.05) is 52.3 Å². The van der Waals surface area contributed by atoms with Gasteiger partial charge in [-0.2, -0.15) is 0 Å². The number of hydrogen-bond donors (Lipinski definition) is 1. The highest BCUT2D eigenvalue weighted by Gasteiger charge is 2.17. The van der Waals surface area contributed by atoms with Crippen molar-refractivity contribution in [3.05, 3.63) is 88.5 Å². The number of pyridine rings is 1. The van der Waals surface area contributed by atoms with E-state index in [1.54, 1.807) is 12.1 Å². The Morgan fingerprint density at radius 1 is 1.00 bits per heavy atom. The molecule has 0 saturated carbocycles. The van der Waals surface area contributed by atoms with E-state index in [2.05, 4.69) is 21.2 Å². The maximum Gasteiger partial charge on any atom is 0.256 e. The van der Waals surface area contributed by atoms with Crippen molar-refractivity contribution in [3.8, 4) is 11.3 Å². The van der Waals surface area contributed by atoms with Crippen LogP contribution in [0.4, 0.5) is 5.82 Å². The molecule has 0 aliphatic rings. The molecule has 0 fully saturated rings. The monoisotopic (exact) mass is 405 g/mol. The van der Waals surface area contributed by atoms with Crippen molar-refractivity contribution < 1.29 is 4.79 Å². The number of aromatic nitrogens is 2. The van der Waals surface area contributed by atoms with Crippen LogP contribution in [0.15, 0.2) is 77.4 Å². The number of aryl methyl sites for hydroxylation is 1. The first-order chi connectivity index (χ1) is 12.6. The minimum absolute atomic E-state index is 0.169. The molecule has 0 bridgehead atoms. The van der Waals surface area contributed by atoms with Crippen LogP contribution in [0.2, 0.25) is 0 Å². The van der Waals surface area contributed by atoms with Crippen molar-refractivity contribution in [2.75, 3.05) is 5.32 Å². The minimum Gasteiger partial charge on any atom is -0.306 e. The predicted molar refractivity (Wildman–Crippen MR) is 107 cm³/mol. The van der Waals surface area contributed by atoms with Crippen molar-refractivity contribution in [1.82, 2.24) is 9.38 Å². The summed E-state index contributed by atoms with van der Waals surface area (Å²) in [6, 6.07) is 21.1. The van der Waals surface area contributed by atoms with Gasteiger partial charge in [0, 0.05) is 21.8 Å². The molecule has 4 aromatic rings. The van der Waals surface area contributed by atoms with Gasteiger partial charge >= 0.3 is 0 Å². The second-order valence-electron chi connectivity index (χ2n) is 6.07. The molecule has 4 rings (SSSR count). The lowest BCUT2D eigenvalue weighted by Gasteiger charge is -2.08. The molecule has 2 heterocycles. The second kappa shape index (κ2) is 6.77. The molecule has 0 saturated heterocycles. The maximum absolute atomic E-state index is 12.8.